The Morgan fingerprint density at radius 1 is 1.16 bits per heavy atom. The molecule has 0 unspecified atom stereocenters. The number of hydrogen-bond donors (Lipinski definition) is 4. The number of pyridine rings is 1. The third kappa shape index (κ3) is 5.18. The first kappa shape index (κ1) is 18.7. The number of hydrogen-bond acceptors (Lipinski definition) is 8. The van der Waals surface area contributed by atoms with E-state index in [-0.39, 0.29) is 18.3 Å². The van der Waals surface area contributed by atoms with Crippen molar-refractivity contribution in [2.45, 2.75) is 33.1 Å². The zero-order chi connectivity index (χ0) is 18.2. The molecule has 0 bridgehead atoms. The van der Waals surface area contributed by atoms with E-state index in [2.05, 4.69) is 46.4 Å². The largest absolute Gasteiger partial charge is 0.451 e. The van der Waals surface area contributed by atoms with Crippen molar-refractivity contribution in [2.24, 2.45) is 0 Å². The van der Waals surface area contributed by atoms with Crippen molar-refractivity contribution < 1.29 is 9.84 Å². The van der Waals surface area contributed by atoms with Crippen molar-refractivity contribution in [3.8, 4) is 11.5 Å². The molecule has 25 heavy (non-hydrogen) atoms. The summed E-state index contributed by atoms with van der Waals surface area (Å²) >= 11 is 0. The summed E-state index contributed by atoms with van der Waals surface area (Å²) in [5, 5.41) is 15.0. The van der Waals surface area contributed by atoms with Crippen molar-refractivity contribution in [2.75, 3.05) is 36.1 Å². The predicted molar refractivity (Wildman–Crippen MR) is 99.2 cm³/mol. The second-order valence-corrected chi connectivity index (χ2v) is 5.88. The van der Waals surface area contributed by atoms with Crippen molar-refractivity contribution in [3.63, 3.8) is 0 Å². The Hall–Kier alpha value is -2.61. The molecule has 2 heterocycles. The summed E-state index contributed by atoms with van der Waals surface area (Å²) in [5.41, 5.74) is 6.95. The fraction of sp³-hybridized carbons (Fsp3) is 0.471. The molecule has 8 nitrogen and oxygen atoms in total. The number of nitrogen functional groups attached to an aromatic ring is 1. The topological polar surface area (TPSA) is 118 Å². The van der Waals surface area contributed by atoms with Crippen LogP contribution in [0.5, 0.6) is 11.5 Å². The van der Waals surface area contributed by atoms with Gasteiger partial charge in [-0.15, -0.1) is 0 Å². The van der Waals surface area contributed by atoms with Crippen LogP contribution in [0.1, 0.15) is 38.7 Å². The van der Waals surface area contributed by atoms with Gasteiger partial charge < -0.3 is 26.2 Å². The third-order valence-corrected chi connectivity index (χ3v) is 3.47. The second-order valence-electron chi connectivity index (χ2n) is 5.88. The van der Waals surface area contributed by atoms with E-state index in [0.29, 0.717) is 29.8 Å². The van der Waals surface area contributed by atoms with E-state index < -0.39 is 0 Å². The second kappa shape index (κ2) is 9.03. The molecule has 8 heteroatoms. The van der Waals surface area contributed by atoms with Gasteiger partial charge in [-0.25, -0.2) is 9.97 Å². The Morgan fingerprint density at radius 2 is 1.96 bits per heavy atom. The first-order chi connectivity index (χ1) is 12.0. The van der Waals surface area contributed by atoms with Crippen LogP contribution >= 0.6 is 0 Å². The van der Waals surface area contributed by atoms with Gasteiger partial charge in [0.1, 0.15) is 11.6 Å². The van der Waals surface area contributed by atoms with Gasteiger partial charge >= 0.3 is 0 Å². The van der Waals surface area contributed by atoms with Crippen LogP contribution in [-0.4, -0.2) is 39.8 Å². The molecular formula is C17H26N6O2. The van der Waals surface area contributed by atoms with Gasteiger partial charge in [0.2, 0.25) is 5.95 Å². The number of rotatable bonds is 9. The van der Waals surface area contributed by atoms with E-state index >= 15 is 0 Å². The highest BCUT2D eigenvalue weighted by Crippen LogP contribution is 2.33. The maximum Gasteiger partial charge on any atom is 0.224 e. The van der Waals surface area contributed by atoms with Gasteiger partial charge in [-0.1, -0.05) is 20.8 Å². The van der Waals surface area contributed by atoms with E-state index in [1.807, 2.05) is 0 Å². The van der Waals surface area contributed by atoms with Gasteiger partial charge in [0.15, 0.2) is 11.6 Å². The molecule has 0 aromatic carbocycles. The molecule has 0 saturated heterocycles. The maximum absolute atomic E-state index is 8.94. The summed E-state index contributed by atoms with van der Waals surface area (Å²) in [4.78, 5) is 12.8. The van der Waals surface area contributed by atoms with Crippen LogP contribution in [0.2, 0.25) is 0 Å². The SMILES string of the molecule is CCCNc1ncc(Oc2cc(NCCO)ncc2C(C)C)c(N)n1. The molecule has 2 aromatic rings. The van der Waals surface area contributed by atoms with Crippen molar-refractivity contribution in [1.82, 2.24) is 15.0 Å². The van der Waals surface area contributed by atoms with Crippen molar-refractivity contribution in [3.05, 3.63) is 24.0 Å². The van der Waals surface area contributed by atoms with Crippen LogP contribution in [0.3, 0.4) is 0 Å². The summed E-state index contributed by atoms with van der Waals surface area (Å²) in [6.45, 7) is 7.40. The lowest BCUT2D eigenvalue weighted by atomic mass is 10.0. The maximum atomic E-state index is 8.94. The summed E-state index contributed by atoms with van der Waals surface area (Å²) in [5.74, 6) is 2.62. The Labute approximate surface area is 147 Å². The number of aromatic nitrogens is 3. The monoisotopic (exact) mass is 346 g/mol. The molecule has 0 aliphatic heterocycles. The Morgan fingerprint density at radius 3 is 2.60 bits per heavy atom. The highest BCUT2D eigenvalue weighted by Gasteiger charge is 2.14. The number of nitrogens with two attached hydrogens (primary N) is 1. The molecule has 0 aliphatic rings. The molecule has 2 aromatic heterocycles. The number of aliphatic hydroxyl groups is 1. The van der Waals surface area contributed by atoms with Gasteiger partial charge in [-0.05, 0) is 12.3 Å². The zero-order valence-electron chi connectivity index (χ0n) is 14.9. The normalized spacial score (nSPS) is 10.8. The Kier molecular flexibility index (Phi) is 6.76. The lowest BCUT2D eigenvalue weighted by Crippen LogP contribution is -2.09. The van der Waals surface area contributed by atoms with Gasteiger partial charge in [0, 0.05) is 30.9 Å². The standard InChI is InChI=1S/C17H26N6O2/c1-4-5-20-17-22-10-14(16(18)23-17)25-13-8-15(19-6-7-24)21-9-12(13)11(2)3/h8-11,24H,4-7H2,1-3H3,(H,19,21)(H3,18,20,22,23). The molecule has 2 rings (SSSR count). The number of ether oxygens (including phenoxy) is 1. The smallest absolute Gasteiger partial charge is 0.224 e. The third-order valence-electron chi connectivity index (χ3n) is 3.47. The summed E-state index contributed by atoms with van der Waals surface area (Å²) in [6.07, 6.45) is 4.29. The summed E-state index contributed by atoms with van der Waals surface area (Å²) in [6, 6.07) is 1.79. The van der Waals surface area contributed by atoms with Gasteiger partial charge in [-0.2, -0.15) is 4.98 Å². The fourth-order valence-corrected chi connectivity index (χ4v) is 2.15. The van der Waals surface area contributed by atoms with E-state index in [0.717, 1.165) is 18.5 Å². The molecule has 0 radical (unpaired) electrons. The molecule has 0 fully saturated rings. The average molecular weight is 346 g/mol. The Bertz CT molecular complexity index is 693. The minimum absolute atomic E-state index is 0.0246. The van der Waals surface area contributed by atoms with E-state index in [9.17, 15) is 0 Å². The number of nitrogens with one attached hydrogen (secondary N) is 2. The molecule has 0 saturated carbocycles. The van der Waals surface area contributed by atoms with Crippen molar-refractivity contribution >= 4 is 17.6 Å². The molecule has 0 aliphatic carbocycles. The lowest BCUT2D eigenvalue weighted by Gasteiger charge is -2.16. The van der Waals surface area contributed by atoms with Crippen molar-refractivity contribution in [1.29, 1.82) is 0 Å². The first-order valence-corrected chi connectivity index (χ1v) is 8.44. The molecule has 136 valence electrons. The number of anilines is 3. The predicted octanol–water partition coefficient (Wildman–Crippen LogP) is 2.60. The molecule has 5 N–H and O–H groups in total. The first-order valence-electron chi connectivity index (χ1n) is 8.44. The minimum Gasteiger partial charge on any atom is -0.451 e. The van der Waals surface area contributed by atoms with E-state index in [1.165, 1.54) is 0 Å². The van der Waals surface area contributed by atoms with Crippen LogP contribution < -0.4 is 21.1 Å². The highest BCUT2D eigenvalue weighted by atomic mass is 16.5. The zero-order valence-corrected chi connectivity index (χ0v) is 14.9. The van der Waals surface area contributed by atoms with Crippen LogP contribution in [0.4, 0.5) is 17.6 Å². The minimum atomic E-state index is 0.0246. The quantitative estimate of drug-likeness (QED) is 0.547. The number of aliphatic hydroxyl groups excluding tert-OH is 1. The van der Waals surface area contributed by atoms with Gasteiger partial charge in [0.25, 0.3) is 0 Å². The highest BCUT2D eigenvalue weighted by molar-refractivity contribution is 5.53. The van der Waals surface area contributed by atoms with Crippen LogP contribution in [-0.2, 0) is 0 Å². The molecule has 0 atom stereocenters. The summed E-state index contributed by atoms with van der Waals surface area (Å²) < 4.78 is 5.96. The van der Waals surface area contributed by atoms with E-state index in [4.69, 9.17) is 15.6 Å². The van der Waals surface area contributed by atoms with Crippen LogP contribution in [0.25, 0.3) is 0 Å². The number of nitrogens with zero attached hydrogens (tertiary/aromatic N) is 3. The van der Waals surface area contributed by atoms with Gasteiger partial charge in [0.05, 0.1) is 12.8 Å². The fourth-order valence-electron chi connectivity index (χ4n) is 2.15. The summed E-state index contributed by atoms with van der Waals surface area (Å²) in [7, 11) is 0. The molecule has 0 spiro atoms. The van der Waals surface area contributed by atoms with Crippen LogP contribution in [0, 0.1) is 0 Å². The molecule has 0 amide bonds. The molecular weight excluding hydrogens is 320 g/mol. The van der Waals surface area contributed by atoms with Crippen LogP contribution in [0.15, 0.2) is 18.5 Å². The average Bonchev–Trinajstić information content (AvgIpc) is 2.60. The lowest BCUT2D eigenvalue weighted by molar-refractivity contribution is 0.311. The van der Waals surface area contributed by atoms with E-state index in [1.54, 1.807) is 18.5 Å². The van der Waals surface area contributed by atoms with Gasteiger partial charge in [-0.3, -0.25) is 0 Å². The Balaban J connectivity index is 2.25.